The van der Waals surface area contributed by atoms with Crippen LogP contribution in [-0.2, 0) is 4.79 Å². The third kappa shape index (κ3) is 4.18. The molecule has 1 heterocycles. The van der Waals surface area contributed by atoms with E-state index in [2.05, 4.69) is 4.90 Å². The van der Waals surface area contributed by atoms with Gasteiger partial charge in [-0.1, -0.05) is 0 Å². The lowest BCUT2D eigenvalue weighted by Gasteiger charge is -2.31. The molecule has 1 aliphatic heterocycles. The molecule has 0 spiro atoms. The van der Waals surface area contributed by atoms with E-state index < -0.39 is 0 Å². The zero-order valence-electron chi connectivity index (χ0n) is 9.91. The van der Waals surface area contributed by atoms with Crippen molar-refractivity contribution in [3.63, 3.8) is 0 Å². The first-order valence-electron chi connectivity index (χ1n) is 5.76. The minimum Gasteiger partial charge on any atom is -0.349 e. The molecule has 4 heteroatoms. The maximum absolute atomic E-state index is 11.4. The van der Waals surface area contributed by atoms with E-state index in [9.17, 15) is 4.79 Å². The Morgan fingerprint density at radius 2 is 2.00 bits per heavy atom. The number of hydrogen-bond donors (Lipinski definition) is 1. The normalized spacial score (nSPS) is 19.1. The maximum atomic E-state index is 11.4. The molecule has 1 aliphatic rings. The van der Waals surface area contributed by atoms with E-state index >= 15 is 0 Å². The molecule has 15 heavy (non-hydrogen) atoms. The molecule has 0 aliphatic carbocycles. The minimum absolute atomic E-state index is 0.218. The van der Waals surface area contributed by atoms with Crippen LogP contribution in [-0.4, -0.2) is 56.0 Å². The Labute approximate surface area is 92.4 Å². The third-order valence-electron chi connectivity index (χ3n) is 3.18. The molecule has 0 aromatic rings. The van der Waals surface area contributed by atoms with Crippen molar-refractivity contribution in [2.24, 2.45) is 11.7 Å². The third-order valence-corrected chi connectivity index (χ3v) is 3.18. The molecule has 1 rings (SSSR count). The highest BCUT2D eigenvalue weighted by atomic mass is 16.2. The van der Waals surface area contributed by atoms with E-state index in [-0.39, 0.29) is 5.91 Å². The summed E-state index contributed by atoms with van der Waals surface area (Å²) in [5, 5.41) is 0. The first-order valence-corrected chi connectivity index (χ1v) is 5.76. The van der Waals surface area contributed by atoms with Gasteiger partial charge in [-0.05, 0) is 38.4 Å². The lowest BCUT2D eigenvalue weighted by atomic mass is 9.97. The average Bonchev–Trinajstić information content (AvgIpc) is 2.26. The fourth-order valence-electron chi connectivity index (χ4n) is 1.92. The number of carbonyl (C=O) groups is 1. The number of hydrogen-bond acceptors (Lipinski definition) is 3. The fourth-order valence-corrected chi connectivity index (χ4v) is 1.92. The molecule has 0 unspecified atom stereocenters. The predicted molar refractivity (Wildman–Crippen MR) is 61.5 cm³/mol. The summed E-state index contributed by atoms with van der Waals surface area (Å²) in [6, 6.07) is 0. The molecule has 0 radical (unpaired) electrons. The average molecular weight is 213 g/mol. The highest BCUT2D eigenvalue weighted by Gasteiger charge is 2.18. The quantitative estimate of drug-likeness (QED) is 0.722. The van der Waals surface area contributed by atoms with E-state index in [0.29, 0.717) is 12.3 Å². The van der Waals surface area contributed by atoms with Crippen molar-refractivity contribution in [3.05, 3.63) is 0 Å². The van der Waals surface area contributed by atoms with Gasteiger partial charge in [0.15, 0.2) is 0 Å². The first kappa shape index (κ1) is 12.5. The monoisotopic (exact) mass is 213 g/mol. The van der Waals surface area contributed by atoms with Crippen molar-refractivity contribution in [1.82, 2.24) is 9.80 Å². The number of nitrogens with zero attached hydrogens (tertiary/aromatic N) is 2. The van der Waals surface area contributed by atoms with E-state index in [4.69, 9.17) is 5.73 Å². The van der Waals surface area contributed by atoms with Crippen molar-refractivity contribution in [2.45, 2.75) is 19.3 Å². The highest BCUT2D eigenvalue weighted by Crippen LogP contribution is 2.15. The molecule has 0 aromatic carbocycles. The molecule has 1 fully saturated rings. The van der Waals surface area contributed by atoms with Gasteiger partial charge in [0.1, 0.15) is 0 Å². The molecular weight excluding hydrogens is 190 g/mol. The fraction of sp³-hybridized carbons (Fsp3) is 0.909. The van der Waals surface area contributed by atoms with Crippen LogP contribution in [0.2, 0.25) is 0 Å². The second-order valence-electron chi connectivity index (χ2n) is 4.56. The van der Waals surface area contributed by atoms with Crippen LogP contribution in [0.25, 0.3) is 0 Å². The van der Waals surface area contributed by atoms with Gasteiger partial charge in [0, 0.05) is 27.1 Å². The Kier molecular flexibility index (Phi) is 5.05. The molecule has 1 saturated heterocycles. The van der Waals surface area contributed by atoms with Gasteiger partial charge in [0.25, 0.3) is 0 Å². The van der Waals surface area contributed by atoms with Crippen molar-refractivity contribution >= 4 is 5.91 Å². The van der Waals surface area contributed by atoms with Crippen LogP contribution >= 0.6 is 0 Å². The van der Waals surface area contributed by atoms with Gasteiger partial charge in [-0.2, -0.15) is 0 Å². The van der Waals surface area contributed by atoms with Gasteiger partial charge < -0.3 is 15.5 Å². The number of piperidine rings is 1. The summed E-state index contributed by atoms with van der Waals surface area (Å²) in [5.74, 6) is 0.918. The van der Waals surface area contributed by atoms with Gasteiger partial charge in [-0.25, -0.2) is 0 Å². The van der Waals surface area contributed by atoms with Gasteiger partial charge in [-0.15, -0.1) is 0 Å². The summed E-state index contributed by atoms with van der Waals surface area (Å²) in [6.07, 6.45) is 3.01. The van der Waals surface area contributed by atoms with Crippen LogP contribution in [0.4, 0.5) is 0 Å². The van der Waals surface area contributed by atoms with Crippen LogP contribution in [0, 0.1) is 5.92 Å². The van der Waals surface area contributed by atoms with Crippen molar-refractivity contribution in [2.75, 3.05) is 40.3 Å². The van der Waals surface area contributed by atoms with Crippen molar-refractivity contribution in [3.8, 4) is 0 Å². The number of carbonyl (C=O) groups excluding carboxylic acids is 1. The molecule has 88 valence electrons. The van der Waals surface area contributed by atoms with E-state index in [0.717, 1.165) is 26.2 Å². The smallest absolute Gasteiger partial charge is 0.223 e. The van der Waals surface area contributed by atoms with Gasteiger partial charge in [0.2, 0.25) is 5.91 Å². The van der Waals surface area contributed by atoms with Crippen LogP contribution in [0.15, 0.2) is 0 Å². The van der Waals surface area contributed by atoms with E-state index in [1.807, 2.05) is 14.1 Å². The predicted octanol–water partition coefficient (Wildman–Crippen LogP) is 0.135. The molecule has 0 bridgehead atoms. The topological polar surface area (TPSA) is 49.6 Å². The summed E-state index contributed by atoms with van der Waals surface area (Å²) in [4.78, 5) is 15.4. The van der Waals surface area contributed by atoms with Crippen molar-refractivity contribution in [1.29, 1.82) is 0 Å². The molecule has 1 amide bonds. The second kappa shape index (κ2) is 6.08. The lowest BCUT2D eigenvalue weighted by molar-refractivity contribution is -0.129. The first-order chi connectivity index (χ1) is 7.13. The molecule has 2 N–H and O–H groups in total. The van der Waals surface area contributed by atoms with Gasteiger partial charge in [-0.3, -0.25) is 4.79 Å². The molecule has 0 atom stereocenters. The van der Waals surface area contributed by atoms with Crippen LogP contribution < -0.4 is 5.73 Å². The SMILES string of the molecule is CN(C)C(=O)CCN1CCC(CN)CC1. The largest absolute Gasteiger partial charge is 0.349 e. The number of nitrogens with two attached hydrogens (primary N) is 1. The van der Waals surface area contributed by atoms with E-state index in [1.165, 1.54) is 12.8 Å². The summed E-state index contributed by atoms with van der Waals surface area (Å²) >= 11 is 0. The molecule has 0 aromatic heterocycles. The lowest BCUT2D eigenvalue weighted by Crippen LogP contribution is -2.38. The Bertz CT molecular complexity index is 198. The van der Waals surface area contributed by atoms with Crippen LogP contribution in [0.3, 0.4) is 0 Å². The molecule has 4 nitrogen and oxygen atoms in total. The standard InChI is InChI=1S/C11H23N3O/c1-13(2)11(15)5-8-14-6-3-10(9-12)4-7-14/h10H,3-9,12H2,1-2H3. The summed E-state index contributed by atoms with van der Waals surface area (Å²) in [7, 11) is 3.62. The molecule has 0 saturated carbocycles. The molecular formula is C11H23N3O. The summed E-state index contributed by atoms with van der Waals surface area (Å²) in [5.41, 5.74) is 5.63. The van der Waals surface area contributed by atoms with Crippen molar-refractivity contribution < 1.29 is 4.79 Å². The number of likely N-dealkylation sites (tertiary alicyclic amines) is 1. The summed E-state index contributed by atoms with van der Waals surface area (Å²) in [6.45, 7) is 3.91. The van der Waals surface area contributed by atoms with Crippen LogP contribution in [0.5, 0.6) is 0 Å². The Morgan fingerprint density at radius 1 is 1.40 bits per heavy atom. The van der Waals surface area contributed by atoms with Gasteiger partial charge in [0.05, 0.1) is 0 Å². The zero-order valence-corrected chi connectivity index (χ0v) is 9.91. The maximum Gasteiger partial charge on any atom is 0.223 e. The highest BCUT2D eigenvalue weighted by molar-refractivity contribution is 5.75. The Balaban J connectivity index is 2.16. The Morgan fingerprint density at radius 3 is 2.47 bits per heavy atom. The number of amides is 1. The van der Waals surface area contributed by atoms with Crippen LogP contribution in [0.1, 0.15) is 19.3 Å². The van der Waals surface area contributed by atoms with Gasteiger partial charge >= 0.3 is 0 Å². The Hall–Kier alpha value is -0.610. The second-order valence-corrected chi connectivity index (χ2v) is 4.56. The zero-order chi connectivity index (χ0) is 11.3. The van der Waals surface area contributed by atoms with E-state index in [1.54, 1.807) is 4.90 Å². The minimum atomic E-state index is 0.218. The summed E-state index contributed by atoms with van der Waals surface area (Å²) < 4.78 is 0. The number of rotatable bonds is 4.